The molecule has 6 rings (SSSR count). The quantitative estimate of drug-likeness (QED) is 0.100. The summed E-state index contributed by atoms with van der Waals surface area (Å²) in [6.45, 7) is 1.55. The van der Waals surface area contributed by atoms with E-state index in [1.807, 2.05) is 109 Å². The number of carbonyl (C=O) groups excluding carboxylic acids is 1. The molecule has 0 bridgehead atoms. The number of rotatable bonds is 16. The van der Waals surface area contributed by atoms with Crippen molar-refractivity contribution < 1.29 is 33.2 Å². The molecule has 0 amide bonds. The molecule has 0 saturated carbocycles. The highest BCUT2D eigenvalue weighted by Gasteiger charge is 2.50. The predicted molar refractivity (Wildman–Crippen MR) is 184 cm³/mol. The first-order valence-corrected chi connectivity index (χ1v) is 17.1. The van der Waals surface area contributed by atoms with Gasteiger partial charge in [0.2, 0.25) is 0 Å². The minimum atomic E-state index is -0.934. The largest absolute Gasteiger partial charge is 0.450 e. The molecule has 248 valence electrons. The van der Waals surface area contributed by atoms with E-state index in [9.17, 15) is 4.79 Å². The minimum absolute atomic E-state index is 0.212. The van der Waals surface area contributed by atoms with Crippen LogP contribution in [0.25, 0.3) is 0 Å². The monoisotopic (exact) mass is 664 g/mol. The molecule has 0 aliphatic carbocycles. The molecular weight excluding hydrogens is 625 g/mol. The summed E-state index contributed by atoms with van der Waals surface area (Å²) in [5, 5.41) is 2.04. The summed E-state index contributed by atoms with van der Waals surface area (Å²) in [6, 6.07) is 42.8. The maximum absolute atomic E-state index is 13.6. The van der Waals surface area contributed by atoms with Gasteiger partial charge >= 0.3 is 5.97 Å². The standard InChI is InChI=1S/C40H40O7S/c41-39(33-20-11-4-12-21-33)47-38-37(45-28-32-18-9-3-10-19-32)36(44-27-31-16-7-2-8-17-31)35(29-42-26-30-14-5-1-6-15-30)46-40(38)43-24-23-34-22-13-25-48-34/h1-22,25,35-38,40H,23-24,26-29H2/t35?,36-,37?,38?,40-/m1/s1. The molecule has 0 N–H and O–H groups in total. The fraction of sp³-hybridized carbons (Fsp3) is 0.275. The average Bonchev–Trinajstić information content (AvgIpc) is 3.66. The van der Waals surface area contributed by atoms with Gasteiger partial charge in [0.15, 0.2) is 12.4 Å². The predicted octanol–water partition coefficient (Wildman–Crippen LogP) is 7.65. The Hall–Kier alpha value is -4.15. The number of ether oxygens (including phenoxy) is 6. The second-order valence-corrected chi connectivity index (χ2v) is 12.5. The fourth-order valence-corrected chi connectivity index (χ4v) is 6.25. The lowest BCUT2D eigenvalue weighted by molar-refractivity contribution is -0.317. The summed E-state index contributed by atoms with van der Waals surface area (Å²) in [4.78, 5) is 14.8. The molecule has 0 spiro atoms. The van der Waals surface area contributed by atoms with E-state index in [1.165, 1.54) is 4.88 Å². The Bertz CT molecular complexity index is 1620. The van der Waals surface area contributed by atoms with E-state index in [0.717, 1.165) is 16.7 Å². The lowest BCUT2D eigenvalue weighted by Gasteiger charge is -2.45. The number of thiophene rings is 1. The van der Waals surface area contributed by atoms with Crippen molar-refractivity contribution in [1.82, 2.24) is 0 Å². The Balaban J connectivity index is 1.30. The topological polar surface area (TPSA) is 72.5 Å². The maximum atomic E-state index is 13.6. The molecule has 3 unspecified atom stereocenters. The SMILES string of the molecule is O=C(OC1C(OCc2ccccc2)[C@H](OCc2ccccc2)C(COCc2ccccc2)O[C@H]1OCCc1cccs1)c1ccccc1. The Kier molecular flexibility index (Phi) is 12.5. The van der Waals surface area contributed by atoms with E-state index < -0.39 is 36.7 Å². The lowest BCUT2D eigenvalue weighted by Crippen LogP contribution is -2.62. The third kappa shape index (κ3) is 9.70. The zero-order valence-corrected chi connectivity index (χ0v) is 27.5. The molecule has 1 aliphatic heterocycles. The van der Waals surface area contributed by atoms with E-state index >= 15 is 0 Å². The first-order valence-electron chi connectivity index (χ1n) is 16.2. The van der Waals surface area contributed by atoms with Gasteiger partial charge in [0.25, 0.3) is 0 Å². The highest BCUT2D eigenvalue weighted by molar-refractivity contribution is 7.09. The molecule has 1 fully saturated rings. The van der Waals surface area contributed by atoms with Crippen LogP contribution in [0.3, 0.4) is 0 Å². The van der Waals surface area contributed by atoms with Crippen molar-refractivity contribution in [2.24, 2.45) is 0 Å². The van der Waals surface area contributed by atoms with Crippen LogP contribution in [-0.4, -0.2) is 49.9 Å². The highest BCUT2D eigenvalue weighted by Crippen LogP contribution is 2.32. The van der Waals surface area contributed by atoms with Crippen LogP contribution in [0.1, 0.15) is 31.9 Å². The van der Waals surface area contributed by atoms with Crippen LogP contribution < -0.4 is 0 Å². The molecule has 4 aromatic carbocycles. The van der Waals surface area contributed by atoms with Gasteiger partial charge in [-0.25, -0.2) is 4.79 Å². The smallest absolute Gasteiger partial charge is 0.338 e. The molecule has 5 aromatic rings. The molecule has 1 saturated heterocycles. The fourth-order valence-electron chi connectivity index (χ4n) is 5.56. The van der Waals surface area contributed by atoms with Gasteiger partial charge in [0.1, 0.15) is 18.3 Å². The summed E-state index contributed by atoms with van der Waals surface area (Å²) >= 11 is 1.67. The van der Waals surface area contributed by atoms with Crippen LogP contribution in [0.5, 0.6) is 0 Å². The zero-order chi connectivity index (χ0) is 32.8. The van der Waals surface area contributed by atoms with Gasteiger partial charge in [-0.2, -0.15) is 0 Å². The summed E-state index contributed by atoms with van der Waals surface area (Å²) in [7, 11) is 0. The number of hydrogen-bond donors (Lipinski definition) is 0. The summed E-state index contributed by atoms with van der Waals surface area (Å²) < 4.78 is 38.9. The van der Waals surface area contributed by atoms with E-state index in [4.69, 9.17) is 28.4 Å². The average molecular weight is 665 g/mol. The lowest BCUT2D eigenvalue weighted by atomic mass is 9.97. The molecule has 8 heteroatoms. The highest BCUT2D eigenvalue weighted by atomic mass is 32.1. The molecule has 48 heavy (non-hydrogen) atoms. The van der Waals surface area contributed by atoms with Crippen LogP contribution in [0.2, 0.25) is 0 Å². The summed E-state index contributed by atoms with van der Waals surface area (Å²) in [6.07, 6.45) is -3.16. The van der Waals surface area contributed by atoms with Gasteiger partial charge in [-0.05, 0) is 40.3 Å². The van der Waals surface area contributed by atoms with Crippen molar-refractivity contribution in [2.75, 3.05) is 13.2 Å². The molecule has 0 radical (unpaired) electrons. The van der Waals surface area contributed by atoms with Crippen LogP contribution in [0.4, 0.5) is 0 Å². The van der Waals surface area contributed by atoms with Crippen molar-refractivity contribution in [2.45, 2.75) is 56.9 Å². The molecular formula is C40H40O7S. The normalized spacial score (nSPS) is 20.7. The molecule has 1 aliphatic rings. The van der Waals surface area contributed by atoms with Gasteiger partial charge in [-0.1, -0.05) is 115 Å². The van der Waals surface area contributed by atoms with Crippen molar-refractivity contribution in [1.29, 1.82) is 0 Å². The molecule has 1 aromatic heterocycles. The van der Waals surface area contributed by atoms with Crippen LogP contribution in [0.15, 0.2) is 139 Å². The van der Waals surface area contributed by atoms with Crippen molar-refractivity contribution >= 4 is 17.3 Å². The first-order chi connectivity index (χ1) is 23.7. The van der Waals surface area contributed by atoms with Gasteiger partial charge in [0.05, 0.1) is 38.6 Å². The van der Waals surface area contributed by atoms with Crippen LogP contribution in [0, 0.1) is 0 Å². The van der Waals surface area contributed by atoms with Crippen molar-refractivity contribution in [3.8, 4) is 0 Å². The Morgan fingerprint density at radius 3 is 1.75 bits per heavy atom. The van der Waals surface area contributed by atoms with Gasteiger partial charge in [-0.3, -0.25) is 0 Å². The van der Waals surface area contributed by atoms with Gasteiger partial charge < -0.3 is 28.4 Å². The third-order valence-corrected chi connectivity index (χ3v) is 8.95. The second-order valence-electron chi connectivity index (χ2n) is 11.5. The third-order valence-electron chi connectivity index (χ3n) is 8.02. The van der Waals surface area contributed by atoms with E-state index in [2.05, 4.69) is 6.07 Å². The molecule has 7 nitrogen and oxygen atoms in total. The van der Waals surface area contributed by atoms with Gasteiger partial charge in [0, 0.05) is 11.3 Å². The second kappa shape index (κ2) is 17.8. The number of benzene rings is 4. The summed E-state index contributed by atoms with van der Waals surface area (Å²) in [5.74, 6) is -0.495. The maximum Gasteiger partial charge on any atom is 0.338 e. The van der Waals surface area contributed by atoms with Crippen LogP contribution >= 0.6 is 11.3 Å². The minimum Gasteiger partial charge on any atom is -0.450 e. The number of hydrogen-bond acceptors (Lipinski definition) is 8. The Labute approximate surface area is 286 Å². The number of esters is 1. The van der Waals surface area contributed by atoms with Crippen LogP contribution in [-0.2, 0) is 54.7 Å². The Morgan fingerprint density at radius 2 is 1.17 bits per heavy atom. The molecule has 5 atom stereocenters. The van der Waals surface area contributed by atoms with Gasteiger partial charge in [-0.15, -0.1) is 11.3 Å². The molecule has 2 heterocycles. The summed E-state index contributed by atoms with van der Waals surface area (Å²) in [5.41, 5.74) is 3.44. The Morgan fingerprint density at radius 1 is 0.604 bits per heavy atom. The van der Waals surface area contributed by atoms with E-state index in [1.54, 1.807) is 35.6 Å². The van der Waals surface area contributed by atoms with Crippen molar-refractivity contribution in [3.05, 3.63) is 166 Å². The van der Waals surface area contributed by atoms with E-state index in [-0.39, 0.29) is 13.2 Å². The first kappa shape index (κ1) is 33.7. The zero-order valence-electron chi connectivity index (χ0n) is 26.7. The number of carbonyl (C=O) groups is 1. The van der Waals surface area contributed by atoms with E-state index in [0.29, 0.717) is 31.8 Å². The van der Waals surface area contributed by atoms with Crippen molar-refractivity contribution in [3.63, 3.8) is 0 Å².